The summed E-state index contributed by atoms with van der Waals surface area (Å²) in [5.74, 6) is 0.436. The maximum absolute atomic E-state index is 6.89. The number of hydrogen-bond acceptors (Lipinski definition) is 2. The van der Waals surface area contributed by atoms with Crippen molar-refractivity contribution in [1.82, 2.24) is 0 Å². The molecular weight excluding hydrogens is 322 g/mol. The Morgan fingerprint density at radius 3 is 1.72 bits per heavy atom. The second-order valence-electron chi connectivity index (χ2n) is 8.09. The minimum atomic E-state index is -1.80. The van der Waals surface area contributed by atoms with Gasteiger partial charge in [-0.1, -0.05) is 102 Å². The van der Waals surface area contributed by atoms with Gasteiger partial charge in [0.15, 0.2) is 0 Å². The summed E-state index contributed by atoms with van der Waals surface area (Å²) < 4.78 is 6.89. The highest BCUT2D eigenvalue weighted by Crippen LogP contribution is 2.28. The fourth-order valence-corrected chi connectivity index (χ4v) is 5.92. The van der Waals surface area contributed by atoms with Crippen LogP contribution in [-0.4, -0.2) is 21.2 Å². The Morgan fingerprint density at radius 2 is 1.36 bits per heavy atom. The third kappa shape index (κ3) is 5.27. The summed E-state index contributed by atoms with van der Waals surface area (Å²) in [6, 6.07) is 21.3. The van der Waals surface area contributed by atoms with E-state index < -0.39 is 9.04 Å². The third-order valence-corrected chi connectivity index (χ3v) is 7.54. The summed E-state index contributed by atoms with van der Waals surface area (Å²) in [6.07, 6.45) is 1.10. The van der Waals surface area contributed by atoms with E-state index in [1.54, 1.807) is 0 Å². The Kier molecular flexibility index (Phi) is 7.00. The van der Waals surface area contributed by atoms with Crippen molar-refractivity contribution >= 4 is 19.4 Å². The lowest BCUT2D eigenvalue weighted by Crippen LogP contribution is -2.56. The average molecular weight is 356 g/mol. The fourth-order valence-electron chi connectivity index (χ4n) is 3.19. The summed E-state index contributed by atoms with van der Waals surface area (Å²) in [7, 11) is -1.80. The smallest absolute Gasteiger partial charge is 0.240 e. The van der Waals surface area contributed by atoms with Crippen LogP contribution in [0.15, 0.2) is 60.7 Å². The van der Waals surface area contributed by atoms with Crippen molar-refractivity contribution in [2.45, 2.75) is 53.2 Å². The monoisotopic (exact) mass is 355 g/mol. The van der Waals surface area contributed by atoms with Crippen LogP contribution in [0.25, 0.3) is 0 Å². The molecule has 2 rings (SSSR count). The van der Waals surface area contributed by atoms with E-state index in [2.05, 4.69) is 95.3 Å². The highest BCUT2D eigenvalue weighted by Gasteiger charge is 2.36. The van der Waals surface area contributed by atoms with Crippen LogP contribution in [0.4, 0.5) is 0 Å². The van der Waals surface area contributed by atoms with Crippen molar-refractivity contribution in [2.24, 2.45) is 17.1 Å². The number of benzene rings is 2. The van der Waals surface area contributed by atoms with Gasteiger partial charge in [0, 0.05) is 6.04 Å². The molecule has 0 amide bonds. The van der Waals surface area contributed by atoms with Crippen LogP contribution in [0, 0.1) is 11.3 Å². The van der Waals surface area contributed by atoms with Crippen molar-refractivity contribution in [3.8, 4) is 0 Å². The van der Waals surface area contributed by atoms with Gasteiger partial charge in [-0.3, -0.25) is 0 Å². The standard InChI is InChI=1S/C22H33NOSi/c1-6-17(2)20(23)21(22(3,4)5)24-25(18-13-9-7-10-14-18)19-15-11-8-12-16-19/h7-17,20-21,25H,6,23H2,1-5H3/t17-,20-,21?/m0/s1. The normalized spacial score (nSPS) is 15.8. The van der Waals surface area contributed by atoms with Crippen LogP contribution in [-0.2, 0) is 4.43 Å². The molecule has 1 unspecified atom stereocenters. The molecule has 2 aromatic carbocycles. The van der Waals surface area contributed by atoms with E-state index in [0.29, 0.717) is 5.92 Å². The van der Waals surface area contributed by atoms with Gasteiger partial charge in [-0.2, -0.15) is 0 Å². The van der Waals surface area contributed by atoms with Crippen LogP contribution in [0.5, 0.6) is 0 Å². The van der Waals surface area contributed by atoms with Gasteiger partial charge in [0.05, 0.1) is 6.10 Å². The molecular formula is C22H33NOSi. The fraction of sp³-hybridized carbons (Fsp3) is 0.455. The Morgan fingerprint density at radius 1 is 0.920 bits per heavy atom. The minimum Gasteiger partial charge on any atom is -0.406 e. The van der Waals surface area contributed by atoms with E-state index in [1.165, 1.54) is 10.4 Å². The molecule has 0 spiro atoms. The van der Waals surface area contributed by atoms with Crippen molar-refractivity contribution in [3.63, 3.8) is 0 Å². The molecule has 0 bridgehead atoms. The summed E-state index contributed by atoms with van der Waals surface area (Å²) in [6.45, 7) is 11.1. The summed E-state index contributed by atoms with van der Waals surface area (Å²) in [5, 5.41) is 2.61. The van der Waals surface area contributed by atoms with E-state index in [0.717, 1.165) is 6.42 Å². The molecule has 2 aromatic rings. The summed E-state index contributed by atoms with van der Waals surface area (Å²) in [5.41, 5.74) is 6.66. The first kappa shape index (κ1) is 19.9. The second-order valence-corrected chi connectivity index (χ2v) is 10.5. The highest BCUT2D eigenvalue weighted by atomic mass is 28.3. The van der Waals surface area contributed by atoms with Crippen molar-refractivity contribution in [1.29, 1.82) is 0 Å². The van der Waals surface area contributed by atoms with Crippen LogP contribution in [0.3, 0.4) is 0 Å². The molecule has 3 atom stereocenters. The third-order valence-electron chi connectivity index (χ3n) is 4.99. The average Bonchev–Trinajstić information content (AvgIpc) is 2.61. The van der Waals surface area contributed by atoms with Crippen molar-refractivity contribution < 1.29 is 4.43 Å². The molecule has 0 aliphatic rings. The Bertz CT molecular complexity index is 584. The lowest BCUT2D eigenvalue weighted by Gasteiger charge is -2.40. The molecule has 0 aliphatic heterocycles. The van der Waals surface area contributed by atoms with E-state index in [1.807, 2.05) is 0 Å². The second kappa shape index (κ2) is 8.79. The van der Waals surface area contributed by atoms with Crippen molar-refractivity contribution in [2.75, 3.05) is 0 Å². The first-order valence-corrected chi connectivity index (χ1v) is 11.0. The topological polar surface area (TPSA) is 35.2 Å². The van der Waals surface area contributed by atoms with Gasteiger partial charge >= 0.3 is 0 Å². The summed E-state index contributed by atoms with van der Waals surface area (Å²) >= 11 is 0. The van der Waals surface area contributed by atoms with Gasteiger partial charge in [0.1, 0.15) is 0 Å². The predicted molar refractivity (Wildman–Crippen MR) is 111 cm³/mol. The zero-order chi connectivity index (χ0) is 18.4. The van der Waals surface area contributed by atoms with Gasteiger partial charge in [0.2, 0.25) is 9.04 Å². The zero-order valence-corrected chi connectivity index (χ0v) is 17.4. The summed E-state index contributed by atoms with van der Waals surface area (Å²) in [4.78, 5) is 0. The molecule has 0 aliphatic carbocycles. The van der Waals surface area contributed by atoms with Crippen LogP contribution >= 0.6 is 0 Å². The van der Waals surface area contributed by atoms with Crippen LogP contribution < -0.4 is 16.1 Å². The van der Waals surface area contributed by atoms with Gasteiger partial charge in [-0.15, -0.1) is 0 Å². The Labute approximate surface area is 155 Å². The van der Waals surface area contributed by atoms with Gasteiger partial charge in [-0.05, 0) is 21.7 Å². The maximum Gasteiger partial charge on any atom is 0.240 e. The number of rotatable bonds is 7. The van der Waals surface area contributed by atoms with Crippen LogP contribution in [0.1, 0.15) is 41.0 Å². The van der Waals surface area contributed by atoms with Crippen molar-refractivity contribution in [3.05, 3.63) is 60.7 Å². The Hall–Kier alpha value is -1.42. The molecule has 136 valence electrons. The first-order chi connectivity index (χ1) is 11.8. The van der Waals surface area contributed by atoms with Gasteiger partial charge < -0.3 is 10.2 Å². The molecule has 0 radical (unpaired) electrons. The molecule has 25 heavy (non-hydrogen) atoms. The molecule has 0 aromatic heterocycles. The zero-order valence-electron chi connectivity index (χ0n) is 16.3. The highest BCUT2D eigenvalue weighted by molar-refractivity contribution is 6.80. The predicted octanol–water partition coefficient (Wildman–Crippen LogP) is 3.33. The van der Waals surface area contributed by atoms with E-state index in [-0.39, 0.29) is 17.6 Å². The maximum atomic E-state index is 6.89. The lowest BCUT2D eigenvalue weighted by molar-refractivity contribution is 0.0480. The molecule has 0 saturated heterocycles. The molecule has 2 N–H and O–H groups in total. The Balaban J connectivity index is 2.39. The lowest BCUT2D eigenvalue weighted by atomic mass is 9.80. The first-order valence-electron chi connectivity index (χ1n) is 9.35. The van der Waals surface area contributed by atoms with E-state index >= 15 is 0 Å². The molecule has 0 fully saturated rings. The minimum absolute atomic E-state index is 0.00232. The van der Waals surface area contributed by atoms with Crippen LogP contribution in [0.2, 0.25) is 0 Å². The quantitative estimate of drug-likeness (QED) is 0.773. The molecule has 0 saturated carbocycles. The van der Waals surface area contributed by atoms with Gasteiger partial charge in [-0.25, -0.2) is 0 Å². The molecule has 3 heteroatoms. The van der Waals surface area contributed by atoms with E-state index in [4.69, 9.17) is 10.2 Å². The largest absolute Gasteiger partial charge is 0.406 e. The molecule has 0 heterocycles. The number of hydrogen-bond donors (Lipinski definition) is 1. The SMILES string of the molecule is CC[C@H](C)[C@H](N)C(O[SiH](c1ccccc1)c1ccccc1)C(C)(C)C. The molecule has 2 nitrogen and oxygen atoms in total. The van der Waals surface area contributed by atoms with E-state index in [9.17, 15) is 0 Å². The number of nitrogens with two attached hydrogens (primary N) is 1. The van der Waals surface area contributed by atoms with Gasteiger partial charge in [0.25, 0.3) is 0 Å².